The quantitative estimate of drug-likeness (QED) is 0.682. The summed E-state index contributed by atoms with van der Waals surface area (Å²) in [5, 5.41) is 12.2. The molecule has 0 aliphatic carbocycles. The third-order valence-corrected chi connectivity index (χ3v) is 2.51. The van der Waals surface area contributed by atoms with Crippen LogP contribution in [0.15, 0.2) is 0 Å². The van der Waals surface area contributed by atoms with Gasteiger partial charge in [-0.1, -0.05) is 0 Å². The van der Waals surface area contributed by atoms with Gasteiger partial charge in [0, 0.05) is 23.6 Å². The minimum absolute atomic E-state index is 0.0298. The minimum Gasteiger partial charge on any atom is -0.396 e. The Balaban J connectivity index is 3.75. The molecule has 74 valence electrons. The summed E-state index contributed by atoms with van der Waals surface area (Å²) in [6.07, 6.45) is 0.783. The first kappa shape index (κ1) is 12.8. The van der Waals surface area contributed by atoms with E-state index in [1.165, 1.54) is 0 Å². The van der Waals surface area contributed by atoms with Crippen molar-refractivity contribution in [2.24, 2.45) is 0 Å². The van der Waals surface area contributed by atoms with Gasteiger partial charge < -0.3 is 10.4 Å². The summed E-state index contributed by atoms with van der Waals surface area (Å²) in [5.41, 5.74) is 0.147. The first-order valence-electron chi connectivity index (χ1n) is 4.20. The predicted octanol–water partition coefficient (Wildman–Crippen LogP) is 1.20. The van der Waals surface area contributed by atoms with Crippen LogP contribution in [-0.2, 0) is 0 Å². The number of aliphatic hydroxyl groups is 1. The van der Waals surface area contributed by atoms with Gasteiger partial charge in [-0.15, -0.1) is 18.5 Å². The molecule has 0 spiro atoms. The van der Waals surface area contributed by atoms with E-state index in [1.807, 2.05) is 0 Å². The van der Waals surface area contributed by atoms with Gasteiger partial charge in [-0.2, -0.15) is 0 Å². The summed E-state index contributed by atoms with van der Waals surface area (Å²) in [4.78, 5) is 0.0298. The third-order valence-electron chi connectivity index (χ3n) is 1.53. The van der Waals surface area contributed by atoms with Crippen molar-refractivity contribution >= 4 is 18.5 Å². The Bertz CT molecular complexity index is 132. The van der Waals surface area contributed by atoms with Gasteiger partial charge in [0.2, 0.25) is 0 Å². The van der Waals surface area contributed by atoms with Gasteiger partial charge in [0.1, 0.15) is 0 Å². The fourth-order valence-corrected chi connectivity index (χ4v) is 1.19. The fourth-order valence-electron chi connectivity index (χ4n) is 0.726. The normalized spacial score (nSPS) is 13.5. The number of nitrogens with one attached hydrogen (secondary N) is 1. The van der Waals surface area contributed by atoms with Crippen molar-refractivity contribution in [3.63, 3.8) is 0 Å². The highest BCUT2D eigenvalue weighted by Gasteiger charge is 2.20. The summed E-state index contributed by atoms with van der Waals surface area (Å²) in [7, 11) is 5.51. The van der Waals surface area contributed by atoms with E-state index in [-0.39, 0.29) is 17.0 Å². The van der Waals surface area contributed by atoms with E-state index in [0.717, 1.165) is 13.0 Å². The molecule has 0 bridgehead atoms. The van der Waals surface area contributed by atoms with Crippen LogP contribution in [0.25, 0.3) is 0 Å². The number of hydrogen-bond acceptors (Lipinski definition) is 2. The van der Waals surface area contributed by atoms with Gasteiger partial charge in [-0.25, -0.2) is 0 Å². The summed E-state index contributed by atoms with van der Waals surface area (Å²) >= 11 is 0. The Hall–Kier alpha value is 0.780. The van der Waals surface area contributed by atoms with Crippen molar-refractivity contribution < 1.29 is 5.11 Å². The predicted molar refractivity (Wildman–Crippen MR) is 61.6 cm³/mol. The van der Waals surface area contributed by atoms with Crippen LogP contribution in [0.5, 0.6) is 0 Å². The van der Waals surface area contributed by atoms with Crippen LogP contribution in [0.3, 0.4) is 0 Å². The largest absolute Gasteiger partial charge is 0.396 e. The lowest BCUT2D eigenvalue weighted by molar-refractivity contribution is 0.278. The van der Waals surface area contributed by atoms with Gasteiger partial charge in [0.15, 0.2) is 0 Å². The molecule has 12 heavy (non-hydrogen) atoms. The molecule has 2 unspecified atom stereocenters. The third kappa shape index (κ3) is 7.43. The maximum atomic E-state index is 8.78. The first-order valence-corrected chi connectivity index (χ1v) is 5.36. The second kappa shape index (κ2) is 4.86. The second-order valence-electron chi connectivity index (χ2n) is 4.31. The standard InChI is InChI=1S/C8H21NOP2/c1-7(2,3)9-6-8(11,12)4-5-10/h9-10H,4-6,11-12H2,1-3H3. The van der Waals surface area contributed by atoms with Gasteiger partial charge in [-0.05, 0) is 27.2 Å². The lowest BCUT2D eigenvalue weighted by Gasteiger charge is -2.29. The molecule has 0 aliphatic heterocycles. The van der Waals surface area contributed by atoms with Crippen molar-refractivity contribution in [3.8, 4) is 0 Å². The van der Waals surface area contributed by atoms with E-state index >= 15 is 0 Å². The Labute approximate surface area is 80.3 Å². The Kier molecular flexibility index (Phi) is 5.18. The molecule has 4 heteroatoms. The zero-order valence-electron chi connectivity index (χ0n) is 8.22. The first-order chi connectivity index (χ1) is 5.27. The number of rotatable bonds is 4. The molecule has 0 aromatic rings. The van der Waals surface area contributed by atoms with E-state index < -0.39 is 0 Å². The lowest BCUT2D eigenvalue weighted by atomic mass is 10.1. The maximum Gasteiger partial charge on any atom is 0.0443 e. The molecule has 0 fully saturated rings. The Morgan fingerprint density at radius 2 is 1.75 bits per heavy atom. The molecular formula is C8H21NOP2. The molecule has 0 radical (unpaired) electrons. The minimum atomic E-state index is 0.0298. The van der Waals surface area contributed by atoms with E-state index in [0.29, 0.717) is 0 Å². The van der Waals surface area contributed by atoms with E-state index in [4.69, 9.17) is 5.11 Å². The lowest BCUT2D eigenvalue weighted by Crippen LogP contribution is -2.42. The Morgan fingerprint density at radius 3 is 2.08 bits per heavy atom. The van der Waals surface area contributed by atoms with E-state index in [1.54, 1.807) is 0 Å². The molecule has 2 nitrogen and oxygen atoms in total. The van der Waals surface area contributed by atoms with Crippen LogP contribution in [0.4, 0.5) is 0 Å². The highest BCUT2D eigenvalue weighted by molar-refractivity contribution is 7.39. The van der Waals surface area contributed by atoms with E-state index in [9.17, 15) is 0 Å². The molecule has 0 aliphatic rings. The van der Waals surface area contributed by atoms with Crippen molar-refractivity contribution in [1.29, 1.82) is 0 Å². The highest BCUT2D eigenvalue weighted by atomic mass is 31.1. The Morgan fingerprint density at radius 1 is 1.25 bits per heavy atom. The summed E-state index contributed by atoms with van der Waals surface area (Å²) in [6.45, 7) is 7.53. The van der Waals surface area contributed by atoms with Gasteiger partial charge in [0.05, 0.1) is 0 Å². The fraction of sp³-hybridized carbons (Fsp3) is 1.00. The number of aliphatic hydroxyl groups excluding tert-OH is 1. The highest BCUT2D eigenvalue weighted by Crippen LogP contribution is 2.29. The van der Waals surface area contributed by atoms with E-state index in [2.05, 4.69) is 44.6 Å². The van der Waals surface area contributed by atoms with Gasteiger partial charge in [-0.3, -0.25) is 0 Å². The molecule has 0 aromatic heterocycles. The van der Waals surface area contributed by atoms with Crippen LogP contribution in [0, 0.1) is 0 Å². The molecular weight excluding hydrogens is 188 g/mol. The van der Waals surface area contributed by atoms with Crippen LogP contribution in [-0.4, -0.2) is 28.7 Å². The van der Waals surface area contributed by atoms with Crippen LogP contribution in [0.2, 0.25) is 0 Å². The van der Waals surface area contributed by atoms with Gasteiger partial charge in [0.25, 0.3) is 0 Å². The molecule has 0 heterocycles. The van der Waals surface area contributed by atoms with Crippen LogP contribution < -0.4 is 5.32 Å². The van der Waals surface area contributed by atoms with Crippen LogP contribution >= 0.6 is 18.5 Å². The molecule has 0 rings (SSSR count). The second-order valence-corrected chi connectivity index (χ2v) is 7.28. The monoisotopic (exact) mass is 209 g/mol. The summed E-state index contributed by atoms with van der Waals surface area (Å²) in [6, 6.07) is 0. The molecule has 2 N–H and O–H groups in total. The molecule has 2 atom stereocenters. The smallest absolute Gasteiger partial charge is 0.0443 e. The zero-order chi connectivity index (χ0) is 9.83. The van der Waals surface area contributed by atoms with Crippen molar-refractivity contribution in [1.82, 2.24) is 5.32 Å². The van der Waals surface area contributed by atoms with Crippen LogP contribution in [0.1, 0.15) is 27.2 Å². The van der Waals surface area contributed by atoms with Crippen molar-refractivity contribution in [2.45, 2.75) is 37.6 Å². The summed E-state index contributed by atoms with van der Waals surface area (Å²) in [5.74, 6) is 0. The molecule has 0 saturated carbocycles. The van der Waals surface area contributed by atoms with Crippen molar-refractivity contribution in [2.75, 3.05) is 13.2 Å². The SMILES string of the molecule is CC(C)(C)NCC(P)(P)CCO. The summed E-state index contributed by atoms with van der Waals surface area (Å²) < 4.78 is 0. The average molecular weight is 209 g/mol. The molecule has 0 saturated heterocycles. The maximum absolute atomic E-state index is 8.78. The molecule has 0 amide bonds. The zero-order valence-corrected chi connectivity index (χ0v) is 10.5. The number of hydrogen-bond donors (Lipinski definition) is 2. The van der Waals surface area contributed by atoms with Gasteiger partial charge >= 0.3 is 0 Å². The molecule has 0 aromatic carbocycles. The van der Waals surface area contributed by atoms with Crippen molar-refractivity contribution in [3.05, 3.63) is 0 Å². The average Bonchev–Trinajstić information content (AvgIpc) is 1.83. The topological polar surface area (TPSA) is 32.3 Å².